The van der Waals surface area contributed by atoms with Crippen LogP contribution in [-0.2, 0) is 0 Å². The molecular formula is C9H16N2S. The van der Waals surface area contributed by atoms with E-state index in [1.54, 1.807) is 11.3 Å². The van der Waals surface area contributed by atoms with Gasteiger partial charge in [-0.3, -0.25) is 0 Å². The number of anilines is 1. The maximum absolute atomic E-state index is 4.32. The number of nitrogens with zero attached hydrogens (tertiary/aromatic N) is 1. The molecule has 1 aromatic heterocycles. The number of hydrogen-bond donors (Lipinski definition) is 1. The van der Waals surface area contributed by atoms with Crippen LogP contribution in [0.5, 0.6) is 0 Å². The Balaban J connectivity index is 2.44. The predicted molar refractivity (Wildman–Crippen MR) is 54.8 cm³/mol. The Morgan fingerprint density at radius 2 is 2.17 bits per heavy atom. The third-order valence-corrected chi connectivity index (χ3v) is 2.31. The molecule has 0 atom stereocenters. The number of thiazole rings is 1. The molecule has 12 heavy (non-hydrogen) atoms. The first kappa shape index (κ1) is 9.52. The van der Waals surface area contributed by atoms with Crippen molar-refractivity contribution < 1.29 is 0 Å². The Morgan fingerprint density at radius 3 is 2.58 bits per heavy atom. The maximum Gasteiger partial charge on any atom is 0.182 e. The monoisotopic (exact) mass is 184 g/mol. The molecule has 0 radical (unpaired) electrons. The van der Waals surface area contributed by atoms with Crippen molar-refractivity contribution in [3.8, 4) is 0 Å². The summed E-state index contributed by atoms with van der Waals surface area (Å²) in [6, 6.07) is 0. The van der Waals surface area contributed by atoms with E-state index in [1.165, 1.54) is 0 Å². The summed E-state index contributed by atoms with van der Waals surface area (Å²) >= 11 is 1.67. The van der Waals surface area contributed by atoms with E-state index in [2.05, 4.69) is 36.5 Å². The third kappa shape index (κ3) is 3.22. The van der Waals surface area contributed by atoms with Gasteiger partial charge in [0.05, 0.1) is 5.69 Å². The fourth-order valence-electron chi connectivity index (χ4n) is 0.776. The van der Waals surface area contributed by atoms with Gasteiger partial charge in [-0.1, -0.05) is 20.8 Å². The lowest BCUT2D eigenvalue weighted by atomic mass is 9.97. The number of rotatable bonds is 2. The van der Waals surface area contributed by atoms with E-state index in [1.807, 2.05) is 6.92 Å². The Morgan fingerprint density at radius 1 is 1.50 bits per heavy atom. The zero-order chi connectivity index (χ0) is 9.19. The highest BCUT2D eigenvalue weighted by atomic mass is 32.1. The molecular weight excluding hydrogens is 168 g/mol. The van der Waals surface area contributed by atoms with E-state index in [9.17, 15) is 0 Å². The molecule has 2 nitrogen and oxygen atoms in total. The van der Waals surface area contributed by atoms with Crippen molar-refractivity contribution in [2.45, 2.75) is 27.7 Å². The first-order valence-corrected chi connectivity index (χ1v) is 5.01. The van der Waals surface area contributed by atoms with E-state index in [0.29, 0.717) is 5.41 Å². The number of aryl methyl sites for hydroxylation is 1. The van der Waals surface area contributed by atoms with Crippen LogP contribution in [0.4, 0.5) is 5.13 Å². The van der Waals surface area contributed by atoms with Gasteiger partial charge in [0, 0.05) is 11.9 Å². The molecule has 0 unspecified atom stereocenters. The van der Waals surface area contributed by atoms with Crippen LogP contribution in [0.2, 0.25) is 0 Å². The van der Waals surface area contributed by atoms with Crippen molar-refractivity contribution in [3.63, 3.8) is 0 Å². The summed E-state index contributed by atoms with van der Waals surface area (Å²) in [5, 5.41) is 6.40. The highest BCUT2D eigenvalue weighted by Crippen LogP contribution is 2.18. The Labute approximate surface area is 78.0 Å². The molecule has 0 spiro atoms. The fraction of sp³-hybridized carbons (Fsp3) is 0.667. The quantitative estimate of drug-likeness (QED) is 0.764. The highest BCUT2D eigenvalue weighted by Gasteiger charge is 2.09. The largest absolute Gasteiger partial charge is 0.361 e. The van der Waals surface area contributed by atoms with Crippen molar-refractivity contribution >= 4 is 16.5 Å². The minimum absolute atomic E-state index is 0.319. The normalized spacial score (nSPS) is 11.7. The first-order valence-electron chi connectivity index (χ1n) is 4.13. The fourth-order valence-corrected chi connectivity index (χ4v) is 1.46. The van der Waals surface area contributed by atoms with E-state index in [0.717, 1.165) is 17.4 Å². The summed E-state index contributed by atoms with van der Waals surface area (Å²) < 4.78 is 0. The second-order valence-electron chi connectivity index (χ2n) is 4.21. The zero-order valence-electron chi connectivity index (χ0n) is 8.14. The van der Waals surface area contributed by atoms with Crippen LogP contribution in [0.3, 0.4) is 0 Å². The molecule has 1 aromatic rings. The predicted octanol–water partition coefficient (Wildman–Crippen LogP) is 2.91. The van der Waals surface area contributed by atoms with E-state index >= 15 is 0 Å². The molecule has 0 aliphatic rings. The summed E-state index contributed by atoms with van der Waals surface area (Å²) in [6.07, 6.45) is 0. The minimum Gasteiger partial charge on any atom is -0.361 e. The van der Waals surface area contributed by atoms with Crippen LogP contribution in [0, 0.1) is 12.3 Å². The molecule has 0 bridgehead atoms. The van der Waals surface area contributed by atoms with Gasteiger partial charge in [0.15, 0.2) is 5.13 Å². The lowest BCUT2D eigenvalue weighted by Crippen LogP contribution is -2.18. The first-order chi connectivity index (χ1) is 5.47. The van der Waals surface area contributed by atoms with Gasteiger partial charge in [0.2, 0.25) is 0 Å². The summed E-state index contributed by atoms with van der Waals surface area (Å²) in [7, 11) is 0. The second kappa shape index (κ2) is 3.44. The summed E-state index contributed by atoms with van der Waals surface area (Å²) in [5.74, 6) is 0. The zero-order valence-corrected chi connectivity index (χ0v) is 8.96. The van der Waals surface area contributed by atoms with Gasteiger partial charge in [-0.2, -0.15) is 0 Å². The van der Waals surface area contributed by atoms with Gasteiger partial charge in [0.25, 0.3) is 0 Å². The molecule has 0 aliphatic carbocycles. The smallest absolute Gasteiger partial charge is 0.182 e. The van der Waals surface area contributed by atoms with Gasteiger partial charge in [-0.05, 0) is 12.3 Å². The molecule has 1 N–H and O–H groups in total. The van der Waals surface area contributed by atoms with Crippen LogP contribution in [0.15, 0.2) is 5.38 Å². The number of hydrogen-bond acceptors (Lipinski definition) is 3. The van der Waals surface area contributed by atoms with Gasteiger partial charge in [-0.15, -0.1) is 11.3 Å². The maximum atomic E-state index is 4.32. The van der Waals surface area contributed by atoms with E-state index in [4.69, 9.17) is 0 Å². The lowest BCUT2D eigenvalue weighted by molar-refractivity contribution is 0.443. The average Bonchev–Trinajstić information content (AvgIpc) is 2.30. The molecule has 68 valence electrons. The Hall–Kier alpha value is -0.570. The van der Waals surface area contributed by atoms with Crippen LogP contribution in [-0.4, -0.2) is 11.5 Å². The van der Waals surface area contributed by atoms with Crippen molar-refractivity contribution in [3.05, 3.63) is 11.1 Å². The standard InChI is InChI=1S/C9H16N2S/c1-7-5-12-8(11-7)10-6-9(2,3)4/h5H,6H2,1-4H3,(H,10,11). The molecule has 0 aromatic carbocycles. The van der Waals surface area contributed by atoms with Gasteiger partial charge in [0.1, 0.15) is 0 Å². The van der Waals surface area contributed by atoms with Crippen LogP contribution < -0.4 is 5.32 Å². The van der Waals surface area contributed by atoms with Crippen molar-refractivity contribution in [1.82, 2.24) is 4.98 Å². The summed E-state index contributed by atoms with van der Waals surface area (Å²) in [4.78, 5) is 4.32. The molecule has 0 saturated carbocycles. The van der Waals surface area contributed by atoms with Gasteiger partial charge < -0.3 is 5.32 Å². The second-order valence-corrected chi connectivity index (χ2v) is 5.07. The Kier molecular flexibility index (Phi) is 2.73. The molecule has 0 amide bonds. The van der Waals surface area contributed by atoms with E-state index in [-0.39, 0.29) is 0 Å². The molecule has 1 heterocycles. The highest BCUT2D eigenvalue weighted by molar-refractivity contribution is 7.13. The van der Waals surface area contributed by atoms with Crippen LogP contribution >= 0.6 is 11.3 Å². The summed E-state index contributed by atoms with van der Waals surface area (Å²) in [5.41, 5.74) is 1.41. The molecule has 0 fully saturated rings. The van der Waals surface area contributed by atoms with Gasteiger partial charge in [-0.25, -0.2) is 4.98 Å². The molecule has 0 aliphatic heterocycles. The number of aromatic nitrogens is 1. The topological polar surface area (TPSA) is 24.9 Å². The molecule has 1 rings (SSSR count). The minimum atomic E-state index is 0.319. The van der Waals surface area contributed by atoms with Crippen LogP contribution in [0.25, 0.3) is 0 Å². The summed E-state index contributed by atoms with van der Waals surface area (Å²) in [6.45, 7) is 9.61. The van der Waals surface area contributed by atoms with Crippen molar-refractivity contribution in [2.24, 2.45) is 5.41 Å². The lowest BCUT2D eigenvalue weighted by Gasteiger charge is -2.17. The molecule has 0 saturated heterocycles. The van der Waals surface area contributed by atoms with Crippen molar-refractivity contribution in [2.75, 3.05) is 11.9 Å². The number of nitrogens with one attached hydrogen (secondary N) is 1. The Bertz CT molecular complexity index is 247. The third-order valence-electron chi connectivity index (χ3n) is 1.39. The SMILES string of the molecule is Cc1csc(NCC(C)(C)C)n1. The van der Waals surface area contributed by atoms with E-state index < -0.39 is 0 Å². The molecule has 3 heteroatoms. The van der Waals surface area contributed by atoms with Crippen molar-refractivity contribution in [1.29, 1.82) is 0 Å². The average molecular weight is 184 g/mol. The van der Waals surface area contributed by atoms with Crippen LogP contribution in [0.1, 0.15) is 26.5 Å². The van der Waals surface area contributed by atoms with Gasteiger partial charge >= 0.3 is 0 Å².